The standard InChI is InChI=1S/CH6O2P2/c1-4-5(2)3/h4-5H,1H3,(H,2,3). The summed E-state index contributed by atoms with van der Waals surface area (Å²) in [6, 6.07) is 0. The predicted molar refractivity (Wildman–Crippen MR) is 25.5 cm³/mol. The molecule has 0 amide bonds. The van der Waals surface area contributed by atoms with Crippen LogP contribution in [-0.4, -0.2) is 11.6 Å². The molecule has 0 aromatic heterocycles. The van der Waals surface area contributed by atoms with E-state index in [1.807, 2.05) is 0 Å². The van der Waals surface area contributed by atoms with E-state index in [0.29, 0.717) is 0 Å². The minimum Gasteiger partial charge on any atom is -0.344 e. The van der Waals surface area contributed by atoms with Gasteiger partial charge in [-0.3, -0.25) is 4.57 Å². The van der Waals surface area contributed by atoms with E-state index in [2.05, 4.69) is 0 Å². The number of hydrogen-bond donors (Lipinski definition) is 1. The van der Waals surface area contributed by atoms with E-state index in [1.165, 1.54) is 0 Å². The molecule has 2 atom stereocenters. The average molecular weight is 112 g/mol. The van der Waals surface area contributed by atoms with Crippen molar-refractivity contribution in [1.82, 2.24) is 0 Å². The van der Waals surface area contributed by atoms with Crippen molar-refractivity contribution in [3.05, 3.63) is 0 Å². The molecule has 0 aromatic rings. The molecule has 0 aliphatic rings. The van der Waals surface area contributed by atoms with Crippen LogP contribution in [0.15, 0.2) is 0 Å². The fourth-order valence-electron chi connectivity index (χ4n) is 0. The molecule has 0 radical (unpaired) electrons. The summed E-state index contributed by atoms with van der Waals surface area (Å²) in [4.78, 5) is 7.92. The molecule has 4 heteroatoms. The van der Waals surface area contributed by atoms with Gasteiger partial charge >= 0.3 is 0 Å². The van der Waals surface area contributed by atoms with Gasteiger partial charge in [0, 0.05) is 0 Å². The first-order chi connectivity index (χ1) is 2.27. The molecule has 0 aliphatic heterocycles. The van der Waals surface area contributed by atoms with E-state index in [0.717, 1.165) is 0 Å². The van der Waals surface area contributed by atoms with Crippen LogP contribution in [0.1, 0.15) is 0 Å². The summed E-state index contributed by atoms with van der Waals surface area (Å²) in [6.07, 6.45) is 0. The van der Waals surface area contributed by atoms with Crippen LogP contribution in [0.25, 0.3) is 0 Å². The van der Waals surface area contributed by atoms with Crippen molar-refractivity contribution in [1.29, 1.82) is 0 Å². The molecule has 2 nitrogen and oxygen atoms in total. The first-order valence-corrected chi connectivity index (χ1v) is 5.03. The smallest absolute Gasteiger partial charge is 0.205 e. The maximum absolute atomic E-state index is 9.57. The highest BCUT2D eigenvalue weighted by Crippen LogP contribution is 2.35. The van der Waals surface area contributed by atoms with Gasteiger partial charge in [0.15, 0.2) is 0 Å². The van der Waals surface area contributed by atoms with Gasteiger partial charge in [0.1, 0.15) is 0 Å². The molecule has 0 fully saturated rings. The second-order valence-electron chi connectivity index (χ2n) is 0.555. The monoisotopic (exact) mass is 112 g/mol. The van der Waals surface area contributed by atoms with Crippen LogP contribution in [0, 0.1) is 0 Å². The fraction of sp³-hybridized carbons (Fsp3) is 1.00. The molecular weight excluding hydrogens is 106 g/mol. The summed E-state index contributed by atoms with van der Waals surface area (Å²) < 4.78 is 9.57. The lowest BCUT2D eigenvalue weighted by Crippen LogP contribution is -1.31. The van der Waals surface area contributed by atoms with Crippen LogP contribution in [0.4, 0.5) is 0 Å². The summed E-state index contributed by atoms with van der Waals surface area (Å²) in [6.45, 7) is 1.71. The van der Waals surface area contributed by atoms with Crippen molar-refractivity contribution in [2.24, 2.45) is 0 Å². The van der Waals surface area contributed by atoms with Crippen LogP contribution in [0.2, 0.25) is 0 Å². The highest BCUT2D eigenvalue weighted by atomic mass is 32.0. The molecule has 0 bridgehead atoms. The Labute approximate surface area is 33.1 Å². The Hall–Kier alpha value is 0.620. The number of hydrogen-bond acceptors (Lipinski definition) is 1. The molecule has 0 aliphatic carbocycles. The topological polar surface area (TPSA) is 37.3 Å². The molecule has 0 saturated carbocycles. The van der Waals surface area contributed by atoms with Crippen molar-refractivity contribution < 1.29 is 9.46 Å². The Morgan fingerprint density at radius 3 is 2.20 bits per heavy atom. The first kappa shape index (κ1) is 5.62. The lowest BCUT2D eigenvalue weighted by Gasteiger charge is -1.74. The highest BCUT2D eigenvalue weighted by molar-refractivity contribution is 8.12. The van der Waals surface area contributed by atoms with Crippen molar-refractivity contribution in [2.45, 2.75) is 0 Å². The summed E-state index contributed by atoms with van der Waals surface area (Å²) in [7, 11) is -1.88. The maximum atomic E-state index is 9.57. The Morgan fingerprint density at radius 1 is 2.00 bits per heavy atom. The van der Waals surface area contributed by atoms with Gasteiger partial charge in [-0.2, -0.15) is 0 Å². The molecule has 2 unspecified atom stereocenters. The highest BCUT2D eigenvalue weighted by Gasteiger charge is 1.75. The Morgan fingerprint density at radius 2 is 2.20 bits per heavy atom. The van der Waals surface area contributed by atoms with E-state index in [9.17, 15) is 4.57 Å². The predicted octanol–water partition coefficient (Wildman–Crippen LogP) is 0.677. The summed E-state index contributed by atoms with van der Waals surface area (Å²) in [5.41, 5.74) is 0. The fourth-order valence-corrected chi connectivity index (χ4v) is 0. The maximum Gasteiger partial charge on any atom is 0.205 e. The van der Waals surface area contributed by atoms with Gasteiger partial charge in [0.25, 0.3) is 0 Å². The van der Waals surface area contributed by atoms with Crippen molar-refractivity contribution in [3.63, 3.8) is 0 Å². The largest absolute Gasteiger partial charge is 0.344 e. The van der Waals surface area contributed by atoms with Crippen molar-refractivity contribution >= 4 is 16.0 Å². The minimum atomic E-state index is -2.10. The number of rotatable bonds is 1. The SMILES string of the molecule is CP[PH](=O)O. The van der Waals surface area contributed by atoms with Gasteiger partial charge in [0.05, 0.1) is 0 Å². The first-order valence-electron chi connectivity index (χ1n) is 1.18. The normalized spacial score (nSPS) is 17.2. The zero-order chi connectivity index (χ0) is 4.28. The molecule has 1 N–H and O–H groups in total. The van der Waals surface area contributed by atoms with Crippen LogP contribution < -0.4 is 0 Å². The van der Waals surface area contributed by atoms with Gasteiger partial charge in [-0.25, -0.2) is 0 Å². The van der Waals surface area contributed by atoms with Gasteiger partial charge in [-0.15, -0.1) is 0 Å². The zero-order valence-electron chi connectivity index (χ0n) is 2.86. The molecule has 0 saturated heterocycles. The summed E-state index contributed by atoms with van der Waals surface area (Å²) in [5, 5.41) is 0. The van der Waals surface area contributed by atoms with Gasteiger partial charge in [0.2, 0.25) is 7.72 Å². The van der Waals surface area contributed by atoms with Gasteiger partial charge < -0.3 is 4.89 Å². The van der Waals surface area contributed by atoms with Crippen molar-refractivity contribution in [2.75, 3.05) is 6.66 Å². The van der Waals surface area contributed by atoms with E-state index < -0.39 is 7.72 Å². The lowest BCUT2D eigenvalue weighted by molar-refractivity contribution is 0.519. The Kier molecular flexibility index (Phi) is 3.19. The lowest BCUT2D eigenvalue weighted by atomic mass is 12.0. The third-order valence-electron chi connectivity index (χ3n) is 0.214. The summed E-state index contributed by atoms with van der Waals surface area (Å²) >= 11 is 0. The van der Waals surface area contributed by atoms with Crippen molar-refractivity contribution in [3.8, 4) is 0 Å². The van der Waals surface area contributed by atoms with Gasteiger partial charge in [-0.05, 0) is 14.9 Å². The van der Waals surface area contributed by atoms with Crippen LogP contribution in [-0.2, 0) is 4.57 Å². The van der Waals surface area contributed by atoms with Gasteiger partial charge in [-0.1, -0.05) is 0 Å². The molecule has 0 rings (SSSR count). The third kappa shape index (κ3) is 4.62. The molecule has 0 spiro atoms. The average Bonchev–Trinajstić information content (AvgIpc) is 1.38. The second-order valence-corrected chi connectivity index (χ2v) is 4.45. The van der Waals surface area contributed by atoms with E-state index >= 15 is 0 Å². The minimum absolute atomic E-state index is 0.216. The molecule has 0 heterocycles. The molecule has 5 heavy (non-hydrogen) atoms. The zero-order valence-corrected chi connectivity index (χ0v) is 4.86. The van der Waals surface area contributed by atoms with E-state index in [-0.39, 0.29) is 8.27 Å². The Bertz CT molecular complexity index is 42.9. The third-order valence-corrected chi connectivity index (χ3v) is 1.92. The quantitative estimate of drug-likeness (QED) is 0.506. The van der Waals surface area contributed by atoms with Crippen LogP contribution >= 0.6 is 16.0 Å². The summed E-state index contributed by atoms with van der Waals surface area (Å²) in [5.74, 6) is 0. The molecular formula is CH6O2P2. The second kappa shape index (κ2) is 2.84. The van der Waals surface area contributed by atoms with Crippen LogP contribution in [0.3, 0.4) is 0 Å². The Balaban J connectivity index is 2.85. The molecule has 0 aromatic carbocycles. The van der Waals surface area contributed by atoms with Crippen LogP contribution in [0.5, 0.6) is 0 Å². The van der Waals surface area contributed by atoms with E-state index in [1.54, 1.807) is 6.66 Å². The van der Waals surface area contributed by atoms with E-state index in [4.69, 9.17) is 4.89 Å². The molecule has 32 valence electrons.